The first kappa shape index (κ1) is 15.3. The summed E-state index contributed by atoms with van der Waals surface area (Å²) in [6.45, 7) is 1.75. The van der Waals surface area contributed by atoms with Crippen LogP contribution in [0, 0.1) is 5.92 Å². The van der Waals surface area contributed by atoms with Gasteiger partial charge in [0.1, 0.15) is 0 Å². The number of urea groups is 1. The lowest BCUT2D eigenvalue weighted by molar-refractivity contribution is -0.141. The fourth-order valence-electron chi connectivity index (χ4n) is 2.44. The molecule has 21 heavy (non-hydrogen) atoms. The van der Waals surface area contributed by atoms with Gasteiger partial charge >= 0.3 is 12.0 Å². The number of carboxylic acid groups (broad SMARTS) is 1. The van der Waals surface area contributed by atoms with Crippen molar-refractivity contribution in [1.82, 2.24) is 4.90 Å². The summed E-state index contributed by atoms with van der Waals surface area (Å²) in [5, 5.41) is 18.4. The lowest BCUT2D eigenvalue weighted by atomic mass is 9.92. The lowest BCUT2D eigenvalue weighted by Crippen LogP contribution is -2.50. The Morgan fingerprint density at radius 1 is 1.43 bits per heavy atom. The van der Waals surface area contributed by atoms with E-state index >= 15 is 0 Å². The maximum atomic E-state index is 12.6. The van der Waals surface area contributed by atoms with Gasteiger partial charge in [-0.2, -0.15) is 0 Å². The molecule has 0 radical (unpaired) electrons. The first-order chi connectivity index (χ1) is 9.95. The number of hydrogen-bond donors (Lipinski definition) is 2. The van der Waals surface area contributed by atoms with Gasteiger partial charge in [0.15, 0.2) is 0 Å². The van der Waals surface area contributed by atoms with E-state index in [-0.39, 0.29) is 25.2 Å². The third-order valence-corrected chi connectivity index (χ3v) is 3.96. The Morgan fingerprint density at radius 2 is 2.10 bits per heavy atom. The first-order valence-corrected chi connectivity index (χ1v) is 6.91. The molecular formula is C15H20N2O4. The normalized spacial score (nSPS) is 18.8. The lowest BCUT2D eigenvalue weighted by Gasteiger charge is -2.36. The summed E-state index contributed by atoms with van der Waals surface area (Å²) in [4.78, 5) is 26.8. The van der Waals surface area contributed by atoms with Crippen LogP contribution in [0.3, 0.4) is 0 Å². The van der Waals surface area contributed by atoms with Crippen molar-refractivity contribution in [3.05, 3.63) is 29.8 Å². The summed E-state index contributed by atoms with van der Waals surface area (Å²) in [6.07, 6.45) is 0.425. The summed E-state index contributed by atoms with van der Waals surface area (Å²) < 4.78 is 0. The monoisotopic (exact) mass is 292 g/mol. The predicted octanol–water partition coefficient (Wildman–Crippen LogP) is 1.18. The Bertz CT molecular complexity index is 546. The minimum atomic E-state index is -0.903. The zero-order valence-corrected chi connectivity index (χ0v) is 12.2. The van der Waals surface area contributed by atoms with Crippen LogP contribution in [0.15, 0.2) is 24.3 Å². The predicted molar refractivity (Wildman–Crippen MR) is 78.3 cm³/mol. The van der Waals surface area contributed by atoms with Crippen molar-refractivity contribution in [2.24, 2.45) is 5.92 Å². The molecule has 0 aromatic heterocycles. The van der Waals surface area contributed by atoms with Gasteiger partial charge in [-0.3, -0.25) is 9.69 Å². The topological polar surface area (TPSA) is 81.1 Å². The zero-order valence-electron chi connectivity index (χ0n) is 12.2. The fourth-order valence-corrected chi connectivity index (χ4v) is 2.44. The second kappa shape index (κ2) is 6.13. The highest BCUT2D eigenvalue weighted by Gasteiger charge is 2.34. The smallest absolute Gasteiger partial charge is 0.324 e. The molecule has 0 spiro atoms. The summed E-state index contributed by atoms with van der Waals surface area (Å²) >= 11 is 0. The van der Waals surface area contributed by atoms with Gasteiger partial charge in [0.2, 0.25) is 0 Å². The molecule has 0 saturated heterocycles. The second-order valence-electron chi connectivity index (χ2n) is 5.40. The second-order valence-corrected chi connectivity index (χ2v) is 5.40. The molecule has 1 aliphatic heterocycles. The molecule has 6 heteroatoms. The third-order valence-electron chi connectivity index (χ3n) is 3.96. The Labute approximate surface area is 123 Å². The average molecular weight is 292 g/mol. The standard InChI is InChI=1S/C15H20N2O4/c1-10(9-18)16(2)15(21)17-8-12(14(19)20)7-11-5-3-4-6-13(11)17/h3-6,10,12,18H,7-9H2,1-2H3,(H,19,20). The van der Waals surface area contributed by atoms with Gasteiger partial charge in [0.05, 0.1) is 18.6 Å². The van der Waals surface area contributed by atoms with Gasteiger partial charge in [-0.05, 0) is 25.0 Å². The minimum absolute atomic E-state index is 0.139. The van der Waals surface area contributed by atoms with Crippen molar-refractivity contribution in [2.75, 3.05) is 25.1 Å². The molecular weight excluding hydrogens is 272 g/mol. The number of para-hydroxylation sites is 1. The fraction of sp³-hybridized carbons (Fsp3) is 0.467. The van der Waals surface area contributed by atoms with Crippen LogP contribution in [-0.2, 0) is 11.2 Å². The molecule has 1 heterocycles. The molecule has 2 atom stereocenters. The maximum Gasteiger partial charge on any atom is 0.324 e. The van der Waals surface area contributed by atoms with Gasteiger partial charge < -0.3 is 15.1 Å². The van der Waals surface area contributed by atoms with Crippen LogP contribution < -0.4 is 4.90 Å². The van der Waals surface area contributed by atoms with Crippen molar-refractivity contribution in [3.63, 3.8) is 0 Å². The number of carbonyl (C=O) groups excluding carboxylic acids is 1. The molecule has 0 fully saturated rings. The van der Waals surface area contributed by atoms with Crippen LogP contribution in [0.25, 0.3) is 0 Å². The largest absolute Gasteiger partial charge is 0.481 e. The van der Waals surface area contributed by atoms with Crippen LogP contribution in [0.4, 0.5) is 10.5 Å². The number of rotatable bonds is 3. The van der Waals surface area contributed by atoms with Crippen LogP contribution in [0.5, 0.6) is 0 Å². The number of carbonyl (C=O) groups is 2. The molecule has 0 bridgehead atoms. The molecule has 6 nitrogen and oxygen atoms in total. The average Bonchev–Trinajstić information content (AvgIpc) is 2.51. The number of carboxylic acids is 1. The number of nitrogens with zero attached hydrogens (tertiary/aromatic N) is 2. The number of hydrogen-bond acceptors (Lipinski definition) is 3. The maximum absolute atomic E-state index is 12.6. The summed E-state index contributed by atoms with van der Waals surface area (Å²) in [5.74, 6) is -1.51. The number of amides is 2. The Morgan fingerprint density at radius 3 is 2.71 bits per heavy atom. The molecule has 2 rings (SSSR count). The first-order valence-electron chi connectivity index (χ1n) is 6.91. The minimum Gasteiger partial charge on any atom is -0.481 e. The van der Waals surface area contributed by atoms with Crippen LogP contribution >= 0.6 is 0 Å². The van der Waals surface area contributed by atoms with Gasteiger partial charge in [0, 0.05) is 19.3 Å². The van der Waals surface area contributed by atoms with Crippen molar-refractivity contribution >= 4 is 17.7 Å². The van der Waals surface area contributed by atoms with Crippen molar-refractivity contribution in [3.8, 4) is 0 Å². The number of benzene rings is 1. The number of fused-ring (bicyclic) bond motifs is 1. The van der Waals surface area contributed by atoms with Crippen molar-refractivity contribution < 1.29 is 19.8 Å². The molecule has 0 aliphatic carbocycles. The van der Waals surface area contributed by atoms with Crippen molar-refractivity contribution in [1.29, 1.82) is 0 Å². The molecule has 1 aromatic carbocycles. The van der Waals surface area contributed by atoms with Crippen LogP contribution in [-0.4, -0.2) is 53.4 Å². The van der Waals surface area contributed by atoms with E-state index in [0.717, 1.165) is 11.3 Å². The zero-order chi connectivity index (χ0) is 15.6. The summed E-state index contributed by atoms with van der Waals surface area (Å²) in [5.41, 5.74) is 1.60. The molecule has 2 N–H and O–H groups in total. The van der Waals surface area contributed by atoms with Gasteiger partial charge in [-0.15, -0.1) is 0 Å². The summed E-state index contributed by atoms with van der Waals surface area (Å²) in [6, 6.07) is 6.72. The van der Waals surface area contributed by atoms with E-state index < -0.39 is 11.9 Å². The van der Waals surface area contributed by atoms with Crippen LogP contribution in [0.1, 0.15) is 12.5 Å². The highest BCUT2D eigenvalue weighted by Crippen LogP contribution is 2.30. The Hall–Kier alpha value is -2.08. The number of aliphatic carboxylic acids is 1. The van der Waals surface area contributed by atoms with E-state index in [2.05, 4.69) is 0 Å². The number of aliphatic hydroxyl groups is 1. The molecule has 2 amide bonds. The molecule has 1 aliphatic rings. The molecule has 114 valence electrons. The third kappa shape index (κ3) is 3.00. The van der Waals surface area contributed by atoms with E-state index in [1.54, 1.807) is 14.0 Å². The van der Waals surface area contributed by atoms with E-state index in [4.69, 9.17) is 0 Å². The number of aliphatic hydroxyl groups excluding tert-OH is 1. The van der Waals surface area contributed by atoms with Crippen molar-refractivity contribution in [2.45, 2.75) is 19.4 Å². The summed E-state index contributed by atoms with van der Waals surface area (Å²) in [7, 11) is 1.61. The van der Waals surface area contributed by atoms with Crippen LogP contribution in [0.2, 0.25) is 0 Å². The molecule has 0 saturated carbocycles. The van der Waals surface area contributed by atoms with Gasteiger partial charge in [-0.1, -0.05) is 18.2 Å². The SMILES string of the molecule is CC(CO)N(C)C(=O)N1CC(C(=O)O)Cc2ccccc21. The highest BCUT2D eigenvalue weighted by atomic mass is 16.4. The van der Waals surface area contributed by atoms with Gasteiger partial charge in [-0.25, -0.2) is 4.79 Å². The van der Waals surface area contributed by atoms with E-state index in [1.165, 1.54) is 9.80 Å². The Balaban J connectivity index is 2.33. The molecule has 2 unspecified atom stereocenters. The van der Waals surface area contributed by atoms with Gasteiger partial charge in [0.25, 0.3) is 0 Å². The number of likely N-dealkylation sites (N-methyl/N-ethyl adjacent to an activating group) is 1. The Kier molecular flexibility index (Phi) is 4.47. The van der Waals surface area contributed by atoms with E-state index in [9.17, 15) is 19.8 Å². The van der Waals surface area contributed by atoms with E-state index in [1.807, 2.05) is 24.3 Å². The highest BCUT2D eigenvalue weighted by molar-refractivity contribution is 5.94. The number of anilines is 1. The quantitative estimate of drug-likeness (QED) is 0.876. The van der Waals surface area contributed by atoms with E-state index in [0.29, 0.717) is 6.42 Å². The molecule has 1 aromatic rings.